The van der Waals surface area contributed by atoms with E-state index < -0.39 is 5.60 Å². The van der Waals surface area contributed by atoms with E-state index >= 15 is 0 Å². The third-order valence-corrected chi connectivity index (χ3v) is 3.61. The molecular formula is C16H28N4O. The van der Waals surface area contributed by atoms with E-state index in [9.17, 15) is 5.11 Å². The Hall–Kier alpha value is -1.36. The lowest BCUT2D eigenvalue weighted by molar-refractivity contribution is 0.0884. The number of aromatic nitrogens is 2. The summed E-state index contributed by atoms with van der Waals surface area (Å²) in [6.45, 7) is 9.28. The Balaban J connectivity index is 2.31. The highest BCUT2D eigenvalue weighted by atomic mass is 16.3. The highest BCUT2D eigenvalue weighted by Crippen LogP contribution is 2.40. The monoisotopic (exact) mass is 292 g/mol. The van der Waals surface area contributed by atoms with Gasteiger partial charge in [0.25, 0.3) is 0 Å². The summed E-state index contributed by atoms with van der Waals surface area (Å²) in [5.41, 5.74) is 0.308. The molecule has 0 amide bonds. The van der Waals surface area contributed by atoms with Gasteiger partial charge in [-0.15, -0.1) is 0 Å². The van der Waals surface area contributed by atoms with Gasteiger partial charge in [-0.3, -0.25) is 0 Å². The van der Waals surface area contributed by atoms with Gasteiger partial charge in [-0.2, -0.15) is 0 Å². The fraction of sp³-hybridized carbons (Fsp3) is 0.750. The molecule has 0 saturated heterocycles. The molecule has 0 bridgehead atoms. The number of hydrogen-bond donors (Lipinski definition) is 2. The number of nitrogens with zero attached hydrogens (tertiary/aromatic N) is 3. The normalized spacial score (nSPS) is 15.1. The highest BCUT2D eigenvalue weighted by molar-refractivity contribution is 5.58. The van der Waals surface area contributed by atoms with Crippen LogP contribution in [0.4, 0.5) is 11.6 Å². The van der Waals surface area contributed by atoms with E-state index in [1.54, 1.807) is 0 Å². The maximum absolute atomic E-state index is 10.0. The van der Waals surface area contributed by atoms with E-state index in [0.29, 0.717) is 12.5 Å². The third kappa shape index (κ3) is 4.30. The van der Waals surface area contributed by atoms with Gasteiger partial charge >= 0.3 is 0 Å². The summed E-state index contributed by atoms with van der Waals surface area (Å²) < 4.78 is 0. The second-order valence-corrected chi connectivity index (χ2v) is 6.75. The summed E-state index contributed by atoms with van der Waals surface area (Å²) in [5.74, 6) is 3.32. The lowest BCUT2D eigenvalue weighted by Gasteiger charge is -2.28. The first-order chi connectivity index (χ1) is 9.81. The maximum atomic E-state index is 10.0. The van der Waals surface area contributed by atoms with Crippen molar-refractivity contribution in [2.75, 3.05) is 30.4 Å². The van der Waals surface area contributed by atoms with Crippen LogP contribution in [0.15, 0.2) is 0 Å². The fourth-order valence-corrected chi connectivity index (χ4v) is 2.49. The van der Waals surface area contributed by atoms with Gasteiger partial charge in [-0.05, 0) is 40.0 Å². The number of hydrogen-bond acceptors (Lipinski definition) is 5. The van der Waals surface area contributed by atoms with Crippen LogP contribution >= 0.6 is 0 Å². The van der Waals surface area contributed by atoms with E-state index in [4.69, 9.17) is 9.97 Å². The lowest BCUT2D eigenvalue weighted by Crippen LogP contribution is -2.37. The fourth-order valence-electron chi connectivity index (χ4n) is 2.49. The first kappa shape index (κ1) is 16.0. The number of aliphatic hydroxyl groups is 1. The Morgan fingerprint density at radius 3 is 2.52 bits per heavy atom. The van der Waals surface area contributed by atoms with Crippen molar-refractivity contribution in [3.05, 3.63) is 11.4 Å². The molecule has 0 aliphatic heterocycles. The molecule has 0 radical (unpaired) electrons. The molecule has 0 atom stereocenters. The van der Waals surface area contributed by atoms with Crippen LogP contribution < -0.4 is 10.2 Å². The molecule has 1 saturated carbocycles. The molecule has 5 heteroatoms. The molecule has 0 unspecified atom stereocenters. The minimum Gasteiger partial charge on any atom is -0.389 e. The molecule has 1 aromatic rings. The Labute approximate surface area is 127 Å². The van der Waals surface area contributed by atoms with Gasteiger partial charge < -0.3 is 15.3 Å². The van der Waals surface area contributed by atoms with Gasteiger partial charge in [-0.1, -0.05) is 6.92 Å². The van der Waals surface area contributed by atoms with Crippen molar-refractivity contribution >= 4 is 11.6 Å². The number of anilines is 2. The Kier molecular flexibility index (Phi) is 4.71. The minimum atomic E-state index is -0.747. The summed E-state index contributed by atoms with van der Waals surface area (Å²) in [7, 11) is 1.98. The van der Waals surface area contributed by atoms with Gasteiger partial charge in [0.05, 0.1) is 5.60 Å². The zero-order valence-electron chi connectivity index (χ0n) is 13.9. The van der Waals surface area contributed by atoms with Gasteiger partial charge in [0, 0.05) is 31.6 Å². The minimum absolute atomic E-state index is 0.516. The number of rotatable bonds is 7. The second kappa shape index (κ2) is 6.18. The molecule has 2 N–H and O–H groups in total. The number of likely N-dealkylation sites (N-methyl/N-ethyl adjacent to an activating group) is 1. The largest absolute Gasteiger partial charge is 0.389 e. The average molecular weight is 292 g/mol. The van der Waals surface area contributed by atoms with Crippen LogP contribution in [-0.4, -0.2) is 40.8 Å². The molecule has 1 aliphatic carbocycles. The van der Waals surface area contributed by atoms with E-state index in [2.05, 4.69) is 12.2 Å². The van der Waals surface area contributed by atoms with Crippen LogP contribution in [-0.2, 0) is 0 Å². The standard InChI is InChI=1S/C16H28N4O/c1-6-9-17-13-11(2)15(20(5)10-16(3,4)21)19-14(18-13)12-7-8-12/h12,21H,6-10H2,1-5H3,(H,17,18,19). The summed E-state index contributed by atoms with van der Waals surface area (Å²) in [6, 6.07) is 0. The summed E-state index contributed by atoms with van der Waals surface area (Å²) in [6.07, 6.45) is 3.44. The first-order valence-corrected chi connectivity index (χ1v) is 7.87. The Morgan fingerprint density at radius 2 is 2.00 bits per heavy atom. The van der Waals surface area contributed by atoms with Crippen molar-refractivity contribution in [3.63, 3.8) is 0 Å². The van der Waals surface area contributed by atoms with Crippen LogP contribution in [0.25, 0.3) is 0 Å². The lowest BCUT2D eigenvalue weighted by atomic mass is 10.1. The van der Waals surface area contributed by atoms with Crippen molar-refractivity contribution in [1.29, 1.82) is 0 Å². The quantitative estimate of drug-likeness (QED) is 0.809. The van der Waals surface area contributed by atoms with Crippen LogP contribution in [0.1, 0.15) is 57.3 Å². The average Bonchev–Trinajstić information content (AvgIpc) is 3.19. The van der Waals surface area contributed by atoms with Gasteiger partial charge in [-0.25, -0.2) is 9.97 Å². The molecule has 1 aromatic heterocycles. The molecule has 5 nitrogen and oxygen atoms in total. The predicted octanol–water partition coefficient (Wildman–Crippen LogP) is 2.69. The zero-order valence-corrected chi connectivity index (χ0v) is 13.9. The van der Waals surface area contributed by atoms with E-state index in [0.717, 1.165) is 36.0 Å². The van der Waals surface area contributed by atoms with Crippen molar-refractivity contribution in [2.45, 2.75) is 58.5 Å². The molecule has 1 heterocycles. The predicted molar refractivity (Wildman–Crippen MR) is 87.1 cm³/mol. The van der Waals surface area contributed by atoms with Crippen molar-refractivity contribution in [2.24, 2.45) is 0 Å². The van der Waals surface area contributed by atoms with E-state index in [1.807, 2.05) is 32.7 Å². The first-order valence-electron chi connectivity index (χ1n) is 7.87. The van der Waals surface area contributed by atoms with Crippen LogP contribution in [0.2, 0.25) is 0 Å². The number of nitrogens with one attached hydrogen (secondary N) is 1. The molecule has 1 fully saturated rings. The third-order valence-electron chi connectivity index (χ3n) is 3.61. The van der Waals surface area contributed by atoms with Crippen LogP contribution in [0.3, 0.4) is 0 Å². The zero-order chi connectivity index (χ0) is 15.6. The SMILES string of the molecule is CCCNc1nc(C2CC2)nc(N(C)CC(C)(C)O)c1C. The maximum Gasteiger partial charge on any atom is 0.137 e. The highest BCUT2D eigenvalue weighted by Gasteiger charge is 2.29. The van der Waals surface area contributed by atoms with Crippen molar-refractivity contribution in [1.82, 2.24) is 9.97 Å². The summed E-state index contributed by atoms with van der Waals surface area (Å²) in [5, 5.41) is 13.4. The van der Waals surface area contributed by atoms with Gasteiger partial charge in [0.15, 0.2) is 0 Å². The summed E-state index contributed by atoms with van der Waals surface area (Å²) in [4.78, 5) is 11.5. The van der Waals surface area contributed by atoms with Crippen molar-refractivity contribution < 1.29 is 5.11 Å². The summed E-state index contributed by atoms with van der Waals surface area (Å²) >= 11 is 0. The second-order valence-electron chi connectivity index (χ2n) is 6.75. The molecule has 1 aliphatic rings. The molecule has 0 aromatic carbocycles. The van der Waals surface area contributed by atoms with Gasteiger partial charge in [0.1, 0.15) is 17.5 Å². The van der Waals surface area contributed by atoms with E-state index in [1.165, 1.54) is 12.8 Å². The Bertz CT molecular complexity index is 492. The van der Waals surface area contributed by atoms with Crippen LogP contribution in [0, 0.1) is 6.92 Å². The molecule has 118 valence electrons. The van der Waals surface area contributed by atoms with Gasteiger partial charge in [0.2, 0.25) is 0 Å². The topological polar surface area (TPSA) is 61.3 Å². The smallest absolute Gasteiger partial charge is 0.137 e. The Morgan fingerprint density at radius 1 is 1.33 bits per heavy atom. The van der Waals surface area contributed by atoms with E-state index in [-0.39, 0.29) is 0 Å². The molecular weight excluding hydrogens is 264 g/mol. The van der Waals surface area contributed by atoms with Crippen molar-refractivity contribution in [3.8, 4) is 0 Å². The molecule has 0 spiro atoms. The molecule has 2 rings (SSSR count). The van der Waals surface area contributed by atoms with Crippen LogP contribution in [0.5, 0.6) is 0 Å². The molecule has 21 heavy (non-hydrogen) atoms.